The number of aromatic nitrogens is 1. The molecule has 1 aliphatic carbocycles. The van der Waals surface area contributed by atoms with Crippen LogP contribution >= 0.6 is 0 Å². The van der Waals surface area contributed by atoms with Gasteiger partial charge >= 0.3 is 0 Å². The molecule has 0 saturated heterocycles. The molecule has 2 aromatic rings. The van der Waals surface area contributed by atoms with E-state index in [0.717, 1.165) is 29.3 Å². The van der Waals surface area contributed by atoms with Gasteiger partial charge in [0.05, 0.1) is 0 Å². The van der Waals surface area contributed by atoms with Gasteiger partial charge < -0.3 is 4.98 Å². The van der Waals surface area contributed by atoms with Crippen molar-refractivity contribution in [3.8, 4) is 0 Å². The molecule has 2 heteroatoms. The zero-order chi connectivity index (χ0) is 12.8. The molecule has 3 rings (SSSR count). The Kier molecular flexibility index (Phi) is 2.54. The van der Waals surface area contributed by atoms with Crippen LogP contribution in [0.5, 0.6) is 0 Å². The van der Waals surface area contributed by atoms with Crippen molar-refractivity contribution < 1.29 is 4.79 Å². The van der Waals surface area contributed by atoms with Gasteiger partial charge in [0.1, 0.15) is 0 Å². The Morgan fingerprint density at radius 2 is 2.00 bits per heavy atom. The Hall–Kier alpha value is -1.57. The van der Waals surface area contributed by atoms with Crippen molar-refractivity contribution in [3.63, 3.8) is 0 Å². The average Bonchev–Trinajstić information content (AvgIpc) is 2.95. The fourth-order valence-corrected chi connectivity index (χ4v) is 3.14. The third-order valence-electron chi connectivity index (χ3n) is 4.34. The smallest absolute Gasteiger partial charge is 0.170 e. The number of fused-ring (bicyclic) bond motifs is 1. The van der Waals surface area contributed by atoms with Crippen molar-refractivity contribution in [2.45, 2.75) is 39.5 Å². The van der Waals surface area contributed by atoms with Crippen molar-refractivity contribution in [1.82, 2.24) is 4.98 Å². The van der Waals surface area contributed by atoms with Gasteiger partial charge in [-0.1, -0.05) is 31.9 Å². The summed E-state index contributed by atoms with van der Waals surface area (Å²) in [5.74, 6) is 0.315. The number of nitrogens with one attached hydrogen (secondary N) is 1. The molecule has 1 heterocycles. The van der Waals surface area contributed by atoms with E-state index >= 15 is 0 Å². The molecule has 0 spiro atoms. The van der Waals surface area contributed by atoms with E-state index in [9.17, 15) is 4.79 Å². The van der Waals surface area contributed by atoms with Crippen molar-refractivity contribution in [3.05, 3.63) is 35.5 Å². The van der Waals surface area contributed by atoms with Crippen LogP contribution in [0.1, 0.15) is 48.5 Å². The molecule has 18 heavy (non-hydrogen) atoms. The number of benzene rings is 1. The van der Waals surface area contributed by atoms with Gasteiger partial charge in [0.2, 0.25) is 0 Å². The summed E-state index contributed by atoms with van der Waals surface area (Å²) >= 11 is 0. The lowest BCUT2D eigenvalue weighted by Gasteiger charge is -2.21. The van der Waals surface area contributed by atoms with Crippen LogP contribution in [0.15, 0.2) is 24.4 Å². The SMILES string of the molecule is Cc1ccc2c(C(=O)C3(C)CCCC3)c[nH]c2c1. The van der Waals surface area contributed by atoms with Crippen LogP contribution in [0.25, 0.3) is 10.9 Å². The lowest BCUT2D eigenvalue weighted by Crippen LogP contribution is -2.24. The molecular weight excluding hydrogens is 222 g/mol. The van der Waals surface area contributed by atoms with Crippen molar-refractivity contribution in [2.75, 3.05) is 0 Å². The van der Waals surface area contributed by atoms with Gasteiger partial charge in [-0.05, 0) is 31.4 Å². The van der Waals surface area contributed by atoms with E-state index in [2.05, 4.69) is 37.0 Å². The molecule has 0 radical (unpaired) electrons. The topological polar surface area (TPSA) is 32.9 Å². The normalized spacial score (nSPS) is 18.3. The van der Waals surface area contributed by atoms with E-state index in [4.69, 9.17) is 0 Å². The van der Waals surface area contributed by atoms with Gasteiger partial charge in [0.15, 0.2) is 5.78 Å². The molecule has 0 unspecified atom stereocenters. The van der Waals surface area contributed by atoms with Crippen LogP contribution in [0.4, 0.5) is 0 Å². The number of carbonyl (C=O) groups is 1. The van der Waals surface area contributed by atoms with E-state index < -0.39 is 0 Å². The van der Waals surface area contributed by atoms with Gasteiger partial charge in [-0.15, -0.1) is 0 Å². The van der Waals surface area contributed by atoms with E-state index in [0.29, 0.717) is 5.78 Å². The monoisotopic (exact) mass is 241 g/mol. The van der Waals surface area contributed by atoms with E-state index in [1.54, 1.807) is 0 Å². The zero-order valence-corrected chi connectivity index (χ0v) is 11.0. The summed E-state index contributed by atoms with van der Waals surface area (Å²) in [4.78, 5) is 15.9. The van der Waals surface area contributed by atoms with Crippen LogP contribution in [0, 0.1) is 12.3 Å². The maximum atomic E-state index is 12.7. The second-order valence-electron chi connectivity index (χ2n) is 5.85. The van der Waals surface area contributed by atoms with Crippen LogP contribution in [-0.2, 0) is 0 Å². The predicted molar refractivity (Wildman–Crippen MR) is 73.9 cm³/mol. The molecule has 1 fully saturated rings. The molecule has 0 atom stereocenters. The summed E-state index contributed by atoms with van der Waals surface area (Å²) in [6.45, 7) is 4.19. The minimum atomic E-state index is -0.139. The lowest BCUT2D eigenvalue weighted by molar-refractivity contribution is 0.0825. The highest BCUT2D eigenvalue weighted by Gasteiger charge is 2.37. The predicted octanol–water partition coefficient (Wildman–Crippen LogP) is 4.24. The van der Waals surface area contributed by atoms with Crippen molar-refractivity contribution in [2.24, 2.45) is 5.41 Å². The van der Waals surface area contributed by atoms with Crippen LogP contribution in [0.2, 0.25) is 0 Å². The third-order valence-corrected chi connectivity index (χ3v) is 4.34. The Morgan fingerprint density at radius 1 is 1.28 bits per heavy atom. The Bertz CT molecular complexity index is 603. The first-order valence-corrected chi connectivity index (χ1v) is 6.73. The highest BCUT2D eigenvalue weighted by molar-refractivity contribution is 6.10. The fraction of sp³-hybridized carbons (Fsp3) is 0.438. The third kappa shape index (κ3) is 1.67. The van der Waals surface area contributed by atoms with Crippen molar-refractivity contribution >= 4 is 16.7 Å². The number of rotatable bonds is 2. The number of carbonyl (C=O) groups excluding carboxylic acids is 1. The Labute approximate surface area is 107 Å². The largest absolute Gasteiger partial charge is 0.360 e. The second kappa shape index (κ2) is 3.98. The Balaban J connectivity index is 2.07. The van der Waals surface area contributed by atoms with Gasteiger partial charge in [-0.25, -0.2) is 0 Å². The minimum absolute atomic E-state index is 0.139. The summed E-state index contributed by atoms with van der Waals surface area (Å²) in [6.07, 6.45) is 6.32. The first-order chi connectivity index (χ1) is 8.60. The minimum Gasteiger partial charge on any atom is -0.360 e. The molecule has 1 aliphatic rings. The van der Waals surface area contributed by atoms with E-state index in [1.807, 2.05) is 6.20 Å². The lowest BCUT2D eigenvalue weighted by atomic mass is 9.81. The molecule has 1 saturated carbocycles. The fourth-order valence-electron chi connectivity index (χ4n) is 3.14. The zero-order valence-electron chi connectivity index (χ0n) is 11.0. The molecule has 94 valence electrons. The molecule has 0 aliphatic heterocycles. The van der Waals surface area contributed by atoms with E-state index in [1.165, 1.54) is 18.4 Å². The molecular formula is C16H19NO. The number of hydrogen-bond acceptors (Lipinski definition) is 1. The standard InChI is InChI=1S/C16H19NO/c1-11-5-6-12-13(10-17-14(12)9-11)15(18)16(2)7-3-4-8-16/h5-6,9-10,17H,3-4,7-8H2,1-2H3. The van der Waals surface area contributed by atoms with Crippen LogP contribution in [0.3, 0.4) is 0 Å². The average molecular weight is 241 g/mol. The quantitative estimate of drug-likeness (QED) is 0.784. The maximum absolute atomic E-state index is 12.7. The highest BCUT2D eigenvalue weighted by atomic mass is 16.1. The maximum Gasteiger partial charge on any atom is 0.170 e. The molecule has 0 bridgehead atoms. The number of ketones is 1. The number of Topliss-reactive ketones (excluding diaryl/α,β-unsaturated/α-hetero) is 1. The highest BCUT2D eigenvalue weighted by Crippen LogP contribution is 2.41. The van der Waals surface area contributed by atoms with Crippen LogP contribution in [-0.4, -0.2) is 10.8 Å². The number of H-pyrrole nitrogens is 1. The second-order valence-corrected chi connectivity index (χ2v) is 5.85. The first kappa shape index (κ1) is 11.5. The summed E-state index contributed by atoms with van der Waals surface area (Å²) in [5.41, 5.74) is 3.02. The molecule has 0 amide bonds. The molecule has 2 nitrogen and oxygen atoms in total. The van der Waals surface area contributed by atoms with Crippen molar-refractivity contribution in [1.29, 1.82) is 0 Å². The number of aromatic amines is 1. The summed E-state index contributed by atoms with van der Waals surface area (Å²) in [7, 11) is 0. The molecule has 1 aromatic heterocycles. The van der Waals surface area contributed by atoms with Gasteiger partial charge in [-0.3, -0.25) is 4.79 Å². The van der Waals surface area contributed by atoms with Gasteiger partial charge in [-0.2, -0.15) is 0 Å². The van der Waals surface area contributed by atoms with Crippen LogP contribution < -0.4 is 0 Å². The summed E-state index contributed by atoms with van der Waals surface area (Å²) in [5, 5.41) is 1.07. The van der Waals surface area contributed by atoms with Gasteiger partial charge in [0, 0.05) is 28.1 Å². The molecule has 1 N–H and O–H groups in total. The number of hydrogen-bond donors (Lipinski definition) is 1. The molecule has 1 aromatic carbocycles. The van der Waals surface area contributed by atoms with E-state index in [-0.39, 0.29) is 5.41 Å². The number of aryl methyl sites for hydroxylation is 1. The van der Waals surface area contributed by atoms with Gasteiger partial charge in [0.25, 0.3) is 0 Å². The summed E-state index contributed by atoms with van der Waals surface area (Å²) in [6, 6.07) is 6.24. The summed E-state index contributed by atoms with van der Waals surface area (Å²) < 4.78 is 0. The first-order valence-electron chi connectivity index (χ1n) is 6.73. The Morgan fingerprint density at radius 3 is 2.72 bits per heavy atom.